The minimum Gasteiger partial charge on any atom is -0.396 e. The highest BCUT2D eigenvalue weighted by Crippen LogP contribution is 2.13. The van der Waals surface area contributed by atoms with E-state index in [1.807, 2.05) is 20.8 Å². The predicted molar refractivity (Wildman–Crippen MR) is 74.0 cm³/mol. The van der Waals surface area contributed by atoms with Gasteiger partial charge in [-0.15, -0.1) is 0 Å². The Labute approximate surface area is 113 Å². The third kappa shape index (κ3) is 4.82. The Morgan fingerprint density at radius 2 is 2.26 bits per heavy atom. The highest BCUT2D eigenvalue weighted by molar-refractivity contribution is 5.96. The van der Waals surface area contributed by atoms with Gasteiger partial charge in [0, 0.05) is 25.7 Å². The van der Waals surface area contributed by atoms with Crippen LogP contribution in [0.5, 0.6) is 0 Å². The number of nitrogens with one attached hydrogen (secondary N) is 1. The number of carbonyl (C=O) groups is 1. The van der Waals surface area contributed by atoms with Crippen molar-refractivity contribution in [2.45, 2.75) is 33.1 Å². The molecule has 1 aromatic rings. The molecule has 0 saturated carbocycles. The number of amides is 1. The van der Waals surface area contributed by atoms with Crippen molar-refractivity contribution in [2.24, 2.45) is 0 Å². The van der Waals surface area contributed by atoms with Crippen molar-refractivity contribution >= 4 is 11.6 Å². The molecular formula is C13H22N4O2. The summed E-state index contributed by atoms with van der Waals surface area (Å²) in [5.74, 6) is 0.511. The second kappa shape index (κ2) is 7.68. The van der Waals surface area contributed by atoms with Gasteiger partial charge in [0.25, 0.3) is 5.91 Å². The van der Waals surface area contributed by atoms with Gasteiger partial charge in [-0.05, 0) is 13.3 Å². The summed E-state index contributed by atoms with van der Waals surface area (Å²) in [5, 5.41) is 2.78. The highest BCUT2D eigenvalue weighted by Gasteiger charge is 2.14. The molecule has 0 saturated heterocycles. The first-order valence-electron chi connectivity index (χ1n) is 6.54. The van der Waals surface area contributed by atoms with Gasteiger partial charge < -0.3 is 15.8 Å². The largest absolute Gasteiger partial charge is 0.396 e. The van der Waals surface area contributed by atoms with Crippen LogP contribution >= 0.6 is 0 Å². The van der Waals surface area contributed by atoms with E-state index < -0.39 is 0 Å². The maximum Gasteiger partial charge on any atom is 0.272 e. The summed E-state index contributed by atoms with van der Waals surface area (Å²) in [6, 6.07) is 0. The Morgan fingerprint density at radius 3 is 2.89 bits per heavy atom. The van der Waals surface area contributed by atoms with Gasteiger partial charge in [-0.2, -0.15) is 0 Å². The van der Waals surface area contributed by atoms with Crippen LogP contribution in [0.2, 0.25) is 0 Å². The van der Waals surface area contributed by atoms with E-state index in [9.17, 15) is 4.79 Å². The molecule has 6 heteroatoms. The lowest BCUT2D eigenvalue weighted by Gasteiger charge is -2.09. The maximum absolute atomic E-state index is 12.0. The SMILES string of the molecule is CCOCCCNC(=O)c1nc(C(C)C)ncc1N. The molecule has 1 amide bonds. The highest BCUT2D eigenvalue weighted by atomic mass is 16.5. The zero-order valence-electron chi connectivity index (χ0n) is 11.8. The quantitative estimate of drug-likeness (QED) is 0.727. The molecule has 0 spiro atoms. The van der Waals surface area contributed by atoms with Gasteiger partial charge in [-0.1, -0.05) is 13.8 Å². The number of nitrogens with zero attached hydrogens (tertiary/aromatic N) is 2. The molecule has 6 nitrogen and oxygen atoms in total. The van der Waals surface area contributed by atoms with Crippen molar-refractivity contribution < 1.29 is 9.53 Å². The molecule has 3 N–H and O–H groups in total. The standard InChI is InChI=1S/C13H22N4O2/c1-4-19-7-5-6-15-13(18)11-10(14)8-16-12(17-11)9(2)3/h8-9H,4-7,14H2,1-3H3,(H,15,18). The van der Waals surface area contributed by atoms with Gasteiger partial charge in [0.2, 0.25) is 0 Å². The van der Waals surface area contributed by atoms with E-state index in [0.29, 0.717) is 31.3 Å². The number of aromatic nitrogens is 2. The zero-order valence-corrected chi connectivity index (χ0v) is 11.8. The Bertz CT molecular complexity index is 421. The van der Waals surface area contributed by atoms with Gasteiger partial charge in [0.15, 0.2) is 5.69 Å². The lowest BCUT2D eigenvalue weighted by Crippen LogP contribution is -2.27. The monoisotopic (exact) mass is 266 g/mol. The Balaban J connectivity index is 2.58. The zero-order chi connectivity index (χ0) is 14.3. The normalized spacial score (nSPS) is 10.7. The Kier molecular flexibility index (Phi) is 6.21. The van der Waals surface area contributed by atoms with E-state index in [2.05, 4.69) is 15.3 Å². The number of hydrogen-bond donors (Lipinski definition) is 2. The van der Waals surface area contributed by atoms with Crippen molar-refractivity contribution in [1.82, 2.24) is 15.3 Å². The summed E-state index contributed by atoms with van der Waals surface area (Å²) in [6.07, 6.45) is 2.25. The molecule has 106 valence electrons. The summed E-state index contributed by atoms with van der Waals surface area (Å²) < 4.78 is 5.19. The number of anilines is 1. The lowest BCUT2D eigenvalue weighted by molar-refractivity contribution is 0.0940. The topological polar surface area (TPSA) is 90.1 Å². The number of hydrogen-bond acceptors (Lipinski definition) is 5. The number of nitrogens with two attached hydrogens (primary N) is 1. The van der Waals surface area contributed by atoms with Crippen LogP contribution in [0.1, 0.15) is 49.4 Å². The van der Waals surface area contributed by atoms with Crippen LogP contribution < -0.4 is 11.1 Å². The van der Waals surface area contributed by atoms with Gasteiger partial charge >= 0.3 is 0 Å². The van der Waals surface area contributed by atoms with Gasteiger partial charge in [-0.3, -0.25) is 4.79 Å². The molecule has 0 aromatic carbocycles. The summed E-state index contributed by atoms with van der Waals surface area (Å²) in [6.45, 7) is 7.73. The first-order valence-corrected chi connectivity index (χ1v) is 6.54. The molecule has 0 unspecified atom stereocenters. The summed E-state index contributed by atoms with van der Waals surface area (Å²) in [5.41, 5.74) is 6.28. The molecular weight excluding hydrogens is 244 g/mol. The van der Waals surface area contributed by atoms with Crippen molar-refractivity contribution in [2.75, 3.05) is 25.5 Å². The van der Waals surface area contributed by atoms with E-state index in [4.69, 9.17) is 10.5 Å². The fraction of sp³-hybridized carbons (Fsp3) is 0.615. The Morgan fingerprint density at radius 1 is 1.53 bits per heavy atom. The third-order valence-corrected chi connectivity index (χ3v) is 2.52. The summed E-state index contributed by atoms with van der Waals surface area (Å²) in [4.78, 5) is 20.3. The van der Waals surface area contributed by atoms with Crippen molar-refractivity contribution in [3.05, 3.63) is 17.7 Å². The molecule has 0 bridgehead atoms. The molecule has 1 aromatic heterocycles. The second-order valence-corrected chi connectivity index (χ2v) is 4.49. The summed E-state index contributed by atoms with van der Waals surface area (Å²) >= 11 is 0. The van der Waals surface area contributed by atoms with Crippen LogP contribution in [0.15, 0.2) is 6.20 Å². The molecule has 0 aliphatic heterocycles. The van der Waals surface area contributed by atoms with E-state index in [-0.39, 0.29) is 17.5 Å². The number of nitrogen functional groups attached to an aromatic ring is 1. The van der Waals surface area contributed by atoms with Crippen LogP contribution in [0.3, 0.4) is 0 Å². The van der Waals surface area contributed by atoms with Crippen LogP contribution in [0, 0.1) is 0 Å². The molecule has 0 radical (unpaired) electrons. The average Bonchev–Trinajstić information content (AvgIpc) is 2.38. The first-order chi connectivity index (χ1) is 9.06. The third-order valence-electron chi connectivity index (χ3n) is 2.52. The minimum atomic E-state index is -0.265. The van der Waals surface area contributed by atoms with Crippen LogP contribution in [-0.4, -0.2) is 35.6 Å². The average molecular weight is 266 g/mol. The smallest absolute Gasteiger partial charge is 0.272 e. The molecule has 1 rings (SSSR count). The van der Waals surface area contributed by atoms with Crippen molar-refractivity contribution in [3.8, 4) is 0 Å². The number of carbonyl (C=O) groups excluding carboxylic acids is 1. The van der Waals surface area contributed by atoms with Gasteiger partial charge in [0.1, 0.15) is 5.82 Å². The Hall–Kier alpha value is -1.69. The van der Waals surface area contributed by atoms with Gasteiger partial charge in [-0.25, -0.2) is 9.97 Å². The molecule has 0 aliphatic carbocycles. The fourth-order valence-corrected chi connectivity index (χ4v) is 1.47. The maximum atomic E-state index is 12.0. The van der Waals surface area contributed by atoms with Crippen LogP contribution in [0.25, 0.3) is 0 Å². The number of ether oxygens (including phenoxy) is 1. The van der Waals surface area contributed by atoms with Gasteiger partial charge in [0.05, 0.1) is 11.9 Å². The minimum absolute atomic E-state index is 0.158. The molecule has 0 fully saturated rings. The predicted octanol–water partition coefficient (Wildman–Crippen LogP) is 1.34. The summed E-state index contributed by atoms with van der Waals surface area (Å²) in [7, 11) is 0. The molecule has 0 aliphatic rings. The molecule has 0 atom stereocenters. The van der Waals surface area contributed by atoms with E-state index in [1.54, 1.807) is 0 Å². The first kappa shape index (κ1) is 15.4. The lowest BCUT2D eigenvalue weighted by atomic mass is 10.2. The molecule has 1 heterocycles. The van der Waals surface area contributed by atoms with Crippen molar-refractivity contribution in [3.63, 3.8) is 0 Å². The van der Waals surface area contributed by atoms with E-state index in [1.165, 1.54) is 6.20 Å². The van der Waals surface area contributed by atoms with Crippen molar-refractivity contribution in [1.29, 1.82) is 0 Å². The van der Waals surface area contributed by atoms with E-state index >= 15 is 0 Å². The number of rotatable bonds is 7. The second-order valence-electron chi connectivity index (χ2n) is 4.49. The van der Waals surface area contributed by atoms with E-state index in [0.717, 1.165) is 6.42 Å². The van der Waals surface area contributed by atoms with Crippen LogP contribution in [0.4, 0.5) is 5.69 Å². The van der Waals surface area contributed by atoms with Crippen LogP contribution in [-0.2, 0) is 4.74 Å². The fourth-order valence-electron chi connectivity index (χ4n) is 1.47. The molecule has 19 heavy (non-hydrogen) atoms.